The number of methoxy groups -OCH3 is 2. The molecule has 6 rings (SSSR count). The normalized spacial score (nSPS) is 12.1. The summed E-state index contributed by atoms with van der Waals surface area (Å²) < 4.78 is 13.6. The fraction of sp³-hybridized carbons (Fsp3) is 0.194. The van der Waals surface area contributed by atoms with Crippen LogP contribution in [0.5, 0.6) is 11.5 Å². The number of nitrogens with zero attached hydrogens (tertiary/aromatic N) is 4. The van der Waals surface area contributed by atoms with Crippen LogP contribution in [0, 0.1) is 0 Å². The highest BCUT2D eigenvalue weighted by Gasteiger charge is 2.31. The Hall–Kier alpha value is -5.37. The van der Waals surface area contributed by atoms with Crippen molar-refractivity contribution in [3.05, 3.63) is 131 Å². The van der Waals surface area contributed by atoms with Gasteiger partial charge in [0.15, 0.2) is 11.5 Å². The second-order valence-electron chi connectivity index (χ2n) is 10.7. The van der Waals surface area contributed by atoms with E-state index in [-0.39, 0.29) is 18.4 Å². The van der Waals surface area contributed by atoms with Crippen molar-refractivity contribution < 1.29 is 19.1 Å². The molecule has 0 fully saturated rings. The summed E-state index contributed by atoms with van der Waals surface area (Å²) in [5.41, 5.74) is 6.30. The fourth-order valence-electron chi connectivity index (χ4n) is 5.78. The molecule has 1 aliphatic rings. The van der Waals surface area contributed by atoms with E-state index in [1.165, 1.54) is 0 Å². The topological polar surface area (TPSA) is 76.9 Å². The maximum Gasteiger partial charge on any atom is 0.270 e. The summed E-state index contributed by atoms with van der Waals surface area (Å²) in [5.74, 6) is 0.577. The Kier molecular flexibility index (Phi) is 8.14. The Morgan fingerprint density at radius 3 is 2.32 bits per heavy atom. The molecule has 8 heteroatoms. The number of ether oxygens (including phenoxy) is 2. The number of amides is 2. The summed E-state index contributed by atoms with van der Waals surface area (Å²) in [6.45, 7) is 1.29. The number of carbonyl (C=O) groups is 2. The van der Waals surface area contributed by atoms with E-state index in [1.54, 1.807) is 36.3 Å². The largest absolute Gasteiger partial charge is 0.492 e. The molecule has 3 aromatic carbocycles. The van der Waals surface area contributed by atoms with Crippen molar-refractivity contribution >= 4 is 17.5 Å². The van der Waals surface area contributed by atoms with Gasteiger partial charge in [0.2, 0.25) is 0 Å². The molecule has 0 spiro atoms. The number of likely N-dealkylation sites (N-methyl/N-ethyl adjacent to an activating group) is 1. The van der Waals surface area contributed by atoms with Crippen LogP contribution in [-0.4, -0.2) is 54.1 Å². The third kappa shape index (κ3) is 5.42. The van der Waals surface area contributed by atoms with E-state index in [1.807, 2.05) is 103 Å². The molecule has 1 aliphatic heterocycles. The Morgan fingerprint density at radius 1 is 0.818 bits per heavy atom. The van der Waals surface area contributed by atoms with E-state index < -0.39 is 0 Å². The van der Waals surface area contributed by atoms with Crippen LogP contribution in [0.15, 0.2) is 103 Å². The van der Waals surface area contributed by atoms with Crippen molar-refractivity contribution in [2.24, 2.45) is 0 Å². The van der Waals surface area contributed by atoms with Crippen LogP contribution in [0.25, 0.3) is 11.1 Å². The van der Waals surface area contributed by atoms with Crippen LogP contribution >= 0.6 is 0 Å². The Morgan fingerprint density at radius 2 is 1.57 bits per heavy atom. The highest BCUT2D eigenvalue weighted by molar-refractivity contribution is 6.09. The average molecular weight is 587 g/mol. The molecular weight excluding hydrogens is 552 g/mol. The van der Waals surface area contributed by atoms with Crippen molar-refractivity contribution in [2.45, 2.75) is 19.5 Å². The first-order valence-electron chi connectivity index (χ1n) is 14.5. The maximum atomic E-state index is 14.4. The Bertz CT molecular complexity index is 1800. The smallest absolute Gasteiger partial charge is 0.270 e. The van der Waals surface area contributed by atoms with Gasteiger partial charge in [-0.3, -0.25) is 14.6 Å². The van der Waals surface area contributed by atoms with Gasteiger partial charge in [-0.25, -0.2) is 0 Å². The zero-order valence-corrected chi connectivity index (χ0v) is 25.1. The van der Waals surface area contributed by atoms with Crippen LogP contribution in [0.1, 0.15) is 37.8 Å². The standard InChI is InChI=1S/C36H34N4O4/c1-38(22-20-27-14-9-10-21-37-27)36(42)32-19-16-28-24-40(31-15-8-7-13-26(31)23-39(28)32)35(41)30-18-17-29(25-11-5-4-6-12-25)33(43-2)34(30)44-3/h4-19,21H,20,22-24H2,1-3H3. The van der Waals surface area contributed by atoms with Crippen LogP contribution in [0.2, 0.25) is 0 Å². The maximum absolute atomic E-state index is 14.4. The van der Waals surface area contributed by atoms with E-state index in [0.29, 0.717) is 42.3 Å². The third-order valence-electron chi connectivity index (χ3n) is 8.08. The first-order chi connectivity index (χ1) is 21.5. The number of anilines is 1. The molecule has 0 unspecified atom stereocenters. The van der Waals surface area contributed by atoms with Crippen LogP contribution in [-0.2, 0) is 19.5 Å². The molecule has 44 heavy (non-hydrogen) atoms. The molecule has 2 aromatic heterocycles. The number of para-hydroxylation sites is 1. The first kappa shape index (κ1) is 28.7. The van der Waals surface area contributed by atoms with Gasteiger partial charge in [0.05, 0.1) is 32.9 Å². The molecule has 8 nitrogen and oxygen atoms in total. The summed E-state index contributed by atoms with van der Waals surface area (Å²) in [6, 6.07) is 31.0. The number of fused-ring (bicyclic) bond motifs is 2. The monoisotopic (exact) mass is 586 g/mol. The molecule has 2 amide bonds. The lowest BCUT2D eigenvalue weighted by Crippen LogP contribution is -2.32. The van der Waals surface area contributed by atoms with Gasteiger partial charge < -0.3 is 23.8 Å². The molecule has 3 heterocycles. The molecular formula is C36H34N4O4. The van der Waals surface area contributed by atoms with Crippen molar-refractivity contribution in [3.8, 4) is 22.6 Å². The lowest BCUT2D eigenvalue weighted by molar-refractivity contribution is 0.0785. The summed E-state index contributed by atoms with van der Waals surface area (Å²) in [5, 5.41) is 0. The summed E-state index contributed by atoms with van der Waals surface area (Å²) in [6.07, 6.45) is 2.42. The van der Waals surface area contributed by atoms with Crippen LogP contribution < -0.4 is 14.4 Å². The SMILES string of the molecule is COc1c(C(=O)N2Cc3ccc(C(=O)N(C)CCc4ccccn4)n3Cc3ccccc32)ccc(-c2ccccc2)c1OC. The van der Waals surface area contributed by atoms with Crippen molar-refractivity contribution in [2.75, 3.05) is 32.7 Å². The van der Waals surface area contributed by atoms with Gasteiger partial charge in [-0.2, -0.15) is 0 Å². The van der Waals surface area contributed by atoms with E-state index in [0.717, 1.165) is 33.8 Å². The molecule has 0 radical (unpaired) electrons. The van der Waals surface area contributed by atoms with E-state index in [2.05, 4.69) is 4.98 Å². The lowest BCUT2D eigenvalue weighted by Gasteiger charge is -2.25. The van der Waals surface area contributed by atoms with Gasteiger partial charge in [-0.05, 0) is 53.6 Å². The minimum atomic E-state index is -0.220. The molecule has 5 aromatic rings. The van der Waals surface area contributed by atoms with Crippen molar-refractivity contribution in [1.82, 2.24) is 14.5 Å². The van der Waals surface area contributed by atoms with Gasteiger partial charge in [-0.15, -0.1) is 0 Å². The molecule has 0 aliphatic carbocycles. The number of hydrogen-bond acceptors (Lipinski definition) is 5. The second kappa shape index (κ2) is 12.5. The average Bonchev–Trinajstić information content (AvgIpc) is 3.39. The van der Waals surface area contributed by atoms with E-state index >= 15 is 0 Å². The third-order valence-corrected chi connectivity index (χ3v) is 8.08. The van der Waals surface area contributed by atoms with Gasteiger partial charge >= 0.3 is 0 Å². The quantitative estimate of drug-likeness (QED) is 0.220. The van der Waals surface area contributed by atoms with Crippen LogP contribution in [0.4, 0.5) is 5.69 Å². The minimum Gasteiger partial charge on any atom is -0.492 e. The number of benzene rings is 3. The first-order valence-corrected chi connectivity index (χ1v) is 14.5. The Labute approximate surface area is 257 Å². The van der Waals surface area contributed by atoms with Gasteiger partial charge in [0.1, 0.15) is 5.69 Å². The molecule has 0 bridgehead atoms. The van der Waals surface area contributed by atoms with E-state index in [4.69, 9.17) is 9.47 Å². The zero-order chi connectivity index (χ0) is 30.6. The predicted molar refractivity (Wildman–Crippen MR) is 170 cm³/mol. The van der Waals surface area contributed by atoms with Gasteiger partial charge in [0, 0.05) is 48.8 Å². The molecule has 0 saturated carbocycles. The lowest BCUT2D eigenvalue weighted by atomic mass is 10.0. The molecule has 0 N–H and O–H groups in total. The molecule has 0 saturated heterocycles. The molecule has 222 valence electrons. The summed E-state index contributed by atoms with van der Waals surface area (Å²) >= 11 is 0. The fourth-order valence-corrected chi connectivity index (χ4v) is 5.78. The second-order valence-corrected chi connectivity index (χ2v) is 10.7. The summed E-state index contributed by atoms with van der Waals surface area (Å²) in [4.78, 5) is 35.9. The predicted octanol–water partition coefficient (Wildman–Crippen LogP) is 6.09. The highest BCUT2D eigenvalue weighted by atomic mass is 16.5. The summed E-state index contributed by atoms with van der Waals surface area (Å²) in [7, 11) is 4.94. The van der Waals surface area contributed by atoms with Gasteiger partial charge in [-0.1, -0.05) is 54.6 Å². The van der Waals surface area contributed by atoms with Crippen LogP contribution in [0.3, 0.4) is 0 Å². The van der Waals surface area contributed by atoms with E-state index in [9.17, 15) is 9.59 Å². The van der Waals surface area contributed by atoms with Crippen molar-refractivity contribution in [1.29, 1.82) is 0 Å². The Balaban J connectivity index is 1.33. The number of rotatable bonds is 8. The van der Waals surface area contributed by atoms with Crippen molar-refractivity contribution in [3.63, 3.8) is 0 Å². The number of pyridine rings is 1. The van der Waals surface area contributed by atoms with Gasteiger partial charge in [0.25, 0.3) is 11.8 Å². The number of hydrogen-bond donors (Lipinski definition) is 0. The minimum absolute atomic E-state index is 0.0765. The molecule has 0 atom stereocenters. The number of aromatic nitrogens is 2. The number of carbonyl (C=O) groups excluding carboxylic acids is 2. The zero-order valence-electron chi connectivity index (χ0n) is 25.1. The highest BCUT2D eigenvalue weighted by Crippen LogP contribution is 2.42.